The van der Waals surface area contributed by atoms with Crippen LogP contribution in [0.5, 0.6) is 0 Å². The lowest BCUT2D eigenvalue weighted by atomic mass is 10.1. The van der Waals surface area contributed by atoms with Crippen LogP contribution in [0.1, 0.15) is 24.9 Å². The maximum atomic E-state index is 10.4. The molecule has 5 heteroatoms. The summed E-state index contributed by atoms with van der Waals surface area (Å²) in [5, 5.41) is 21.0. The SMILES string of the molecule is CC(NCC(O)CC(=O)O)c1cccc(Br)c1. The normalized spacial score (nSPS) is 14.3. The number of carbonyl (C=O) groups is 1. The van der Waals surface area contributed by atoms with Crippen molar-refractivity contribution in [3.63, 3.8) is 0 Å². The predicted molar refractivity (Wildman–Crippen MR) is 68.8 cm³/mol. The summed E-state index contributed by atoms with van der Waals surface area (Å²) in [6.07, 6.45) is -1.10. The number of nitrogens with one attached hydrogen (secondary N) is 1. The second-order valence-electron chi connectivity index (χ2n) is 3.94. The van der Waals surface area contributed by atoms with Crippen molar-refractivity contribution in [3.8, 4) is 0 Å². The van der Waals surface area contributed by atoms with Crippen molar-refractivity contribution in [2.45, 2.75) is 25.5 Å². The van der Waals surface area contributed by atoms with E-state index in [-0.39, 0.29) is 19.0 Å². The molecule has 2 unspecified atom stereocenters. The fraction of sp³-hybridized carbons (Fsp3) is 0.417. The van der Waals surface area contributed by atoms with Crippen LogP contribution in [0.3, 0.4) is 0 Å². The van der Waals surface area contributed by atoms with Gasteiger partial charge < -0.3 is 15.5 Å². The number of rotatable bonds is 6. The van der Waals surface area contributed by atoms with Crippen LogP contribution in [-0.2, 0) is 4.79 Å². The molecule has 1 rings (SSSR count). The molecule has 1 aromatic rings. The number of carboxylic acid groups (broad SMARTS) is 1. The molecule has 2 atom stereocenters. The van der Waals surface area contributed by atoms with Gasteiger partial charge in [-0.05, 0) is 24.6 Å². The molecule has 0 saturated heterocycles. The number of aliphatic carboxylic acids is 1. The molecule has 0 heterocycles. The molecule has 0 aromatic heterocycles. The predicted octanol–water partition coefficient (Wildman–Crippen LogP) is 1.94. The molecule has 0 aliphatic rings. The molecule has 0 bridgehead atoms. The molecule has 0 aliphatic heterocycles. The largest absolute Gasteiger partial charge is 0.481 e. The third-order valence-corrected chi connectivity index (χ3v) is 2.91. The lowest BCUT2D eigenvalue weighted by molar-refractivity contribution is -0.139. The Kier molecular flexibility index (Phi) is 5.61. The third-order valence-electron chi connectivity index (χ3n) is 2.42. The van der Waals surface area contributed by atoms with Crippen molar-refractivity contribution in [2.24, 2.45) is 0 Å². The Labute approximate surface area is 109 Å². The van der Waals surface area contributed by atoms with Crippen LogP contribution in [0.2, 0.25) is 0 Å². The first kappa shape index (κ1) is 14.2. The number of aliphatic hydroxyl groups is 1. The van der Waals surface area contributed by atoms with Gasteiger partial charge in [-0.2, -0.15) is 0 Å². The first-order chi connectivity index (χ1) is 7.99. The maximum Gasteiger partial charge on any atom is 0.306 e. The van der Waals surface area contributed by atoms with Crippen LogP contribution < -0.4 is 5.32 Å². The zero-order chi connectivity index (χ0) is 12.8. The molecule has 1 aromatic carbocycles. The zero-order valence-electron chi connectivity index (χ0n) is 9.56. The van der Waals surface area contributed by atoms with E-state index in [0.29, 0.717) is 0 Å². The smallest absolute Gasteiger partial charge is 0.306 e. The molecule has 4 nitrogen and oxygen atoms in total. The van der Waals surface area contributed by atoms with Crippen LogP contribution in [0, 0.1) is 0 Å². The van der Waals surface area contributed by atoms with Crippen molar-refractivity contribution in [1.29, 1.82) is 0 Å². The number of benzene rings is 1. The second-order valence-corrected chi connectivity index (χ2v) is 4.85. The van der Waals surface area contributed by atoms with E-state index in [0.717, 1.165) is 10.0 Å². The van der Waals surface area contributed by atoms with Gasteiger partial charge >= 0.3 is 5.97 Å². The lowest BCUT2D eigenvalue weighted by Gasteiger charge is -2.16. The van der Waals surface area contributed by atoms with Gasteiger partial charge in [-0.25, -0.2) is 0 Å². The van der Waals surface area contributed by atoms with Crippen LogP contribution in [0.4, 0.5) is 0 Å². The van der Waals surface area contributed by atoms with Crippen molar-refractivity contribution >= 4 is 21.9 Å². The highest BCUT2D eigenvalue weighted by molar-refractivity contribution is 9.10. The van der Waals surface area contributed by atoms with Crippen molar-refractivity contribution < 1.29 is 15.0 Å². The Balaban J connectivity index is 2.44. The van der Waals surface area contributed by atoms with Gasteiger partial charge in [-0.3, -0.25) is 4.79 Å². The Hall–Kier alpha value is -0.910. The summed E-state index contributed by atoms with van der Waals surface area (Å²) in [6.45, 7) is 2.23. The molecule has 17 heavy (non-hydrogen) atoms. The summed E-state index contributed by atoms with van der Waals surface area (Å²) in [6, 6.07) is 7.91. The van der Waals surface area contributed by atoms with Crippen molar-refractivity contribution in [2.75, 3.05) is 6.54 Å². The number of halogens is 1. The summed E-state index contributed by atoms with van der Waals surface area (Å²) in [4.78, 5) is 10.4. The van der Waals surface area contributed by atoms with Gasteiger partial charge in [0.25, 0.3) is 0 Å². The van der Waals surface area contributed by atoms with E-state index in [1.807, 2.05) is 31.2 Å². The molecule has 0 amide bonds. The van der Waals surface area contributed by atoms with Gasteiger partial charge in [-0.15, -0.1) is 0 Å². The van der Waals surface area contributed by atoms with Gasteiger partial charge in [0.1, 0.15) is 0 Å². The molecule has 0 saturated carbocycles. The Morgan fingerprint density at radius 2 is 2.24 bits per heavy atom. The van der Waals surface area contributed by atoms with Gasteiger partial charge in [-0.1, -0.05) is 28.1 Å². The lowest BCUT2D eigenvalue weighted by Crippen LogP contribution is -2.30. The van der Waals surface area contributed by atoms with E-state index in [1.54, 1.807) is 0 Å². The summed E-state index contributed by atoms with van der Waals surface area (Å²) in [7, 11) is 0. The molecule has 3 N–H and O–H groups in total. The number of carboxylic acids is 1. The van der Waals surface area contributed by atoms with Crippen molar-refractivity contribution in [3.05, 3.63) is 34.3 Å². The maximum absolute atomic E-state index is 10.4. The molecular weight excluding hydrogens is 286 g/mol. The minimum absolute atomic E-state index is 0.0657. The number of hydrogen-bond donors (Lipinski definition) is 3. The summed E-state index contributed by atoms with van der Waals surface area (Å²) >= 11 is 3.39. The minimum Gasteiger partial charge on any atom is -0.481 e. The van der Waals surface area contributed by atoms with Crippen LogP contribution >= 0.6 is 15.9 Å². The molecule has 0 spiro atoms. The average molecular weight is 302 g/mol. The molecule has 94 valence electrons. The first-order valence-corrected chi connectivity index (χ1v) is 6.17. The highest BCUT2D eigenvalue weighted by Crippen LogP contribution is 2.17. The van der Waals surface area contributed by atoms with Crippen LogP contribution in [0.25, 0.3) is 0 Å². The fourth-order valence-corrected chi connectivity index (χ4v) is 1.90. The van der Waals surface area contributed by atoms with Crippen LogP contribution in [0.15, 0.2) is 28.7 Å². The van der Waals surface area contributed by atoms with E-state index in [1.165, 1.54) is 0 Å². The quantitative estimate of drug-likeness (QED) is 0.751. The minimum atomic E-state index is -0.991. The summed E-state index contributed by atoms with van der Waals surface area (Å²) in [5.41, 5.74) is 1.09. The van der Waals surface area contributed by atoms with Gasteiger partial charge in [0, 0.05) is 17.1 Å². The van der Waals surface area contributed by atoms with E-state index in [9.17, 15) is 9.90 Å². The molecule has 0 radical (unpaired) electrons. The summed E-state index contributed by atoms with van der Waals surface area (Å²) < 4.78 is 0.995. The van der Waals surface area contributed by atoms with Crippen molar-refractivity contribution in [1.82, 2.24) is 5.32 Å². The second kappa shape index (κ2) is 6.74. The fourth-order valence-electron chi connectivity index (χ4n) is 1.48. The Morgan fingerprint density at radius 1 is 1.53 bits per heavy atom. The Bertz CT molecular complexity index is 384. The summed E-state index contributed by atoms with van der Waals surface area (Å²) in [5.74, 6) is -0.991. The van der Waals surface area contributed by atoms with E-state index < -0.39 is 12.1 Å². The van der Waals surface area contributed by atoms with E-state index in [2.05, 4.69) is 21.2 Å². The standard InChI is InChI=1S/C12H16BrNO3/c1-8(9-3-2-4-10(13)5-9)14-7-11(15)6-12(16)17/h2-5,8,11,14-15H,6-7H2,1H3,(H,16,17). The monoisotopic (exact) mass is 301 g/mol. The number of aliphatic hydroxyl groups excluding tert-OH is 1. The highest BCUT2D eigenvalue weighted by atomic mass is 79.9. The first-order valence-electron chi connectivity index (χ1n) is 5.37. The average Bonchev–Trinajstić information content (AvgIpc) is 2.25. The van der Waals surface area contributed by atoms with Gasteiger partial charge in [0.2, 0.25) is 0 Å². The molecule has 0 aliphatic carbocycles. The van der Waals surface area contributed by atoms with Crippen LogP contribution in [-0.4, -0.2) is 28.8 Å². The molecule has 0 fully saturated rings. The molecular formula is C12H16BrNO3. The van der Waals surface area contributed by atoms with Gasteiger partial charge in [0.05, 0.1) is 12.5 Å². The van der Waals surface area contributed by atoms with E-state index >= 15 is 0 Å². The topological polar surface area (TPSA) is 69.6 Å². The number of hydrogen-bond acceptors (Lipinski definition) is 3. The van der Waals surface area contributed by atoms with Gasteiger partial charge in [0.15, 0.2) is 0 Å². The zero-order valence-corrected chi connectivity index (χ0v) is 11.1. The third kappa shape index (κ3) is 5.30. The van der Waals surface area contributed by atoms with E-state index in [4.69, 9.17) is 5.11 Å². The Morgan fingerprint density at radius 3 is 2.82 bits per heavy atom. The highest BCUT2D eigenvalue weighted by Gasteiger charge is 2.11.